The van der Waals surface area contributed by atoms with Gasteiger partial charge in [-0.25, -0.2) is 0 Å². The molecule has 0 fully saturated rings. The summed E-state index contributed by atoms with van der Waals surface area (Å²) in [5, 5.41) is 0.916. The Bertz CT molecular complexity index is 611. The maximum atomic E-state index is 12.6. The lowest BCUT2D eigenvalue weighted by Crippen LogP contribution is -2.38. The largest absolute Gasteiger partial charge is 0.397 e. The van der Waals surface area contributed by atoms with E-state index in [-0.39, 0.29) is 11.9 Å². The Morgan fingerprint density at radius 1 is 1.60 bits per heavy atom. The van der Waals surface area contributed by atoms with Crippen molar-refractivity contribution in [3.05, 3.63) is 23.3 Å². The summed E-state index contributed by atoms with van der Waals surface area (Å²) in [5.74, 6) is 0.940. The molecule has 0 bridgehead atoms. The van der Waals surface area contributed by atoms with Crippen LogP contribution in [0.4, 0.5) is 5.69 Å². The molecule has 2 N–H and O–H groups in total. The predicted molar refractivity (Wildman–Crippen MR) is 88.6 cm³/mol. The van der Waals surface area contributed by atoms with Crippen LogP contribution in [-0.2, 0) is 0 Å². The molecule has 1 atom stereocenters. The van der Waals surface area contributed by atoms with E-state index in [0.717, 1.165) is 22.3 Å². The van der Waals surface area contributed by atoms with Crippen LogP contribution in [0.15, 0.2) is 18.5 Å². The molecule has 20 heavy (non-hydrogen) atoms. The first-order chi connectivity index (χ1) is 9.60. The van der Waals surface area contributed by atoms with E-state index < -0.39 is 0 Å². The number of rotatable bonds is 5. The molecule has 2 rings (SSSR count). The number of thiophene rings is 1. The van der Waals surface area contributed by atoms with Crippen LogP contribution >= 0.6 is 23.1 Å². The van der Waals surface area contributed by atoms with E-state index in [9.17, 15) is 4.79 Å². The van der Waals surface area contributed by atoms with Crippen LogP contribution in [0.1, 0.15) is 23.0 Å². The third kappa shape index (κ3) is 2.76. The van der Waals surface area contributed by atoms with Gasteiger partial charge < -0.3 is 10.6 Å². The molecule has 1 amide bonds. The van der Waals surface area contributed by atoms with E-state index in [1.54, 1.807) is 24.2 Å². The van der Waals surface area contributed by atoms with Gasteiger partial charge in [0.1, 0.15) is 4.88 Å². The first-order valence-electron chi connectivity index (χ1n) is 6.48. The number of aromatic nitrogens is 1. The molecule has 6 heteroatoms. The highest BCUT2D eigenvalue weighted by atomic mass is 32.2. The number of pyridine rings is 1. The zero-order valence-electron chi connectivity index (χ0n) is 11.9. The average Bonchev–Trinajstić information content (AvgIpc) is 2.81. The maximum absolute atomic E-state index is 12.6. The van der Waals surface area contributed by atoms with E-state index in [4.69, 9.17) is 5.73 Å². The van der Waals surface area contributed by atoms with E-state index in [1.165, 1.54) is 11.3 Å². The van der Waals surface area contributed by atoms with Crippen molar-refractivity contribution >= 4 is 44.8 Å². The van der Waals surface area contributed by atoms with Gasteiger partial charge in [0, 0.05) is 36.6 Å². The molecule has 0 saturated carbocycles. The molecule has 0 aromatic carbocycles. The van der Waals surface area contributed by atoms with Gasteiger partial charge in [-0.15, -0.1) is 11.3 Å². The van der Waals surface area contributed by atoms with E-state index in [2.05, 4.69) is 18.2 Å². The first-order valence-corrected chi connectivity index (χ1v) is 8.69. The van der Waals surface area contributed by atoms with Crippen molar-refractivity contribution < 1.29 is 4.79 Å². The number of nitrogen functional groups attached to an aromatic ring is 1. The highest BCUT2D eigenvalue weighted by Gasteiger charge is 2.24. The molecule has 4 nitrogen and oxygen atoms in total. The molecular formula is C14H19N3OS2. The van der Waals surface area contributed by atoms with Gasteiger partial charge in [-0.05, 0) is 18.7 Å². The fourth-order valence-corrected chi connectivity index (χ4v) is 4.07. The summed E-state index contributed by atoms with van der Waals surface area (Å²) in [5.41, 5.74) is 6.70. The third-order valence-electron chi connectivity index (χ3n) is 3.42. The van der Waals surface area contributed by atoms with Crippen molar-refractivity contribution in [2.75, 3.05) is 24.8 Å². The maximum Gasteiger partial charge on any atom is 0.266 e. The fourth-order valence-electron chi connectivity index (χ4n) is 2.15. The standard InChI is InChI=1S/C14H19N3OS2/c1-4-9(8-19-3)17(2)14(18)13-12(15)10-5-6-16-7-11(10)20-13/h5-7,9H,4,8,15H2,1-3H3. The number of nitrogens with two attached hydrogens (primary N) is 1. The Balaban J connectivity index is 2.33. The molecule has 2 aromatic rings. The normalized spacial score (nSPS) is 12.6. The van der Waals surface area contributed by atoms with Gasteiger partial charge in [0.15, 0.2) is 0 Å². The monoisotopic (exact) mass is 309 g/mol. The van der Waals surface area contributed by atoms with Gasteiger partial charge >= 0.3 is 0 Å². The van der Waals surface area contributed by atoms with Crippen molar-refractivity contribution in [1.82, 2.24) is 9.88 Å². The summed E-state index contributed by atoms with van der Waals surface area (Å²) in [7, 11) is 1.86. The number of hydrogen-bond donors (Lipinski definition) is 1. The van der Waals surface area contributed by atoms with Crippen molar-refractivity contribution in [2.45, 2.75) is 19.4 Å². The molecule has 0 aliphatic heterocycles. The SMILES string of the molecule is CCC(CSC)N(C)C(=O)c1sc2cnccc2c1N. The number of hydrogen-bond acceptors (Lipinski definition) is 5. The molecule has 0 aliphatic rings. The van der Waals surface area contributed by atoms with Crippen LogP contribution in [0.3, 0.4) is 0 Å². The second-order valence-electron chi connectivity index (χ2n) is 4.65. The highest BCUT2D eigenvalue weighted by molar-refractivity contribution is 7.98. The molecule has 0 saturated heterocycles. The Hall–Kier alpha value is -1.27. The molecule has 2 heterocycles. The quantitative estimate of drug-likeness (QED) is 0.922. The van der Waals surface area contributed by atoms with Gasteiger partial charge in [0.05, 0.1) is 10.4 Å². The number of fused-ring (bicyclic) bond motifs is 1. The van der Waals surface area contributed by atoms with Crippen molar-refractivity contribution in [3.63, 3.8) is 0 Å². The van der Waals surface area contributed by atoms with Gasteiger partial charge in [-0.1, -0.05) is 6.92 Å². The average molecular weight is 309 g/mol. The summed E-state index contributed by atoms with van der Waals surface area (Å²) in [4.78, 5) is 19.1. The lowest BCUT2D eigenvalue weighted by atomic mass is 10.2. The molecule has 0 aliphatic carbocycles. The van der Waals surface area contributed by atoms with E-state index >= 15 is 0 Å². The second kappa shape index (κ2) is 6.45. The number of nitrogens with zero attached hydrogens (tertiary/aromatic N) is 2. The molecular weight excluding hydrogens is 290 g/mol. The number of carbonyl (C=O) groups excluding carboxylic acids is 1. The molecule has 0 spiro atoms. The number of anilines is 1. The fraction of sp³-hybridized carbons (Fsp3) is 0.429. The minimum absolute atomic E-state index is 0.00426. The van der Waals surface area contributed by atoms with Crippen LogP contribution in [0.5, 0.6) is 0 Å². The molecule has 1 unspecified atom stereocenters. The summed E-state index contributed by atoms with van der Waals surface area (Å²) < 4.78 is 0.958. The number of amides is 1. The zero-order chi connectivity index (χ0) is 14.7. The summed E-state index contributed by atoms with van der Waals surface area (Å²) in [6.07, 6.45) is 6.45. The van der Waals surface area contributed by atoms with Gasteiger partial charge in [-0.2, -0.15) is 11.8 Å². The lowest BCUT2D eigenvalue weighted by Gasteiger charge is -2.26. The van der Waals surface area contributed by atoms with Crippen LogP contribution in [-0.4, -0.2) is 40.9 Å². The topological polar surface area (TPSA) is 59.2 Å². The minimum Gasteiger partial charge on any atom is -0.397 e. The zero-order valence-corrected chi connectivity index (χ0v) is 13.6. The van der Waals surface area contributed by atoms with E-state index in [0.29, 0.717) is 10.6 Å². The first kappa shape index (κ1) is 15.1. The van der Waals surface area contributed by atoms with Crippen molar-refractivity contribution in [2.24, 2.45) is 0 Å². The summed E-state index contributed by atoms with van der Waals surface area (Å²) in [6, 6.07) is 2.09. The Kier molecular flexibility index (Phi) is 4.88. The van der Waals surface area contributed by atoms with Gasteiger partial charge in [-0.3, -0.25) is 9.78 Å². The van der Waals surface area contributed by atoms with Crippen LogP contribution in [0.2, 0.25) is 0 Å². The third-order valence-corrected chi connectivity index (χ3v) is 5.29. The lowest BCUT2D eigenvalue weighted by molar-refractivity contribution is 0.0749. The summed E-state index contributed by atoms with van der Waals surface area (Å²) >= 11 is 3.17. The van der Waals surface area contributed by atoms with Crippen molar-refractivity contribution in [1.29, 1.82) is 0 Å². The summed E-state index contributed by atoms with van der Waals surface area (Å²) in [6.45, 7) is 2.10. The van der Waals surface area contributed by atoms with Crippen LogP contribution in [0.25, 0.3) is 10.1 Å². The van der Waals surface area contributed by atoms with Gasteiger partial charge in [0.2, 0.25) is 0 Å². The molecule has 108 valence electrons. The Morgan fingerprint density at radius 2 is 2.35 bits per heavy atom. The van der Waals surface area contributed by atoms with Crippen molar-refractivity contribution in [3.8, 4) is 0 Å². The number of carbonyl (C=O) groups is 1. The Labute approximate surface area is 127 Å². The van der Waals surface area contributed by atoms with E-state index in [1.807, 2.05) is 18.0 Å². The molecule has 2 aromatic heterocycles. The minimum atomic E-state index is 0.00426. The second-order valence-corrected chi connectivity index (χ2v) is 6.61. The molecule has 0 radical (unpaired) electrons. The van der Waals surface area contributed by atoms with Crippen LogP contribution in [0, 0.1) is 0 Å². The Morgan fingerprint density at radius 3 is 2.95 bits per heavy atom. The van der Waals surface area contributed by atoms with Crippen LogP contribution < -0.4 is 5.73 Å². The highest BCUT2D eigenvalue weighted by Crippen LogP contribution is 2.34. The number of thioether (sulfide) groups is 1. The van der Waals surface area contributed by atoms with Gasteiger partial charge in [0.25, 0.3) is 5.91 Å². The predicted octanol–water partition coefficient (Wildman–Crippen LogP) is 3.09. The smallest absolute Gasteiger partial charge is 0.266 e.